The quantitative estimate of drug-likeness (QED) is 0.0907. The molecule has 6 heteroatoms. The third kappa shape index (κ3) is 15.8. The smallest absolute Gasteiger partial charge is 0.462 e. The minimum atomic E-state index is -2.36. The maximum atomic E-state index is 11.2. The Morgan fingerprint density at radius 2 is 1.00 bits per heavy atom. The molecule has 172 valence electrons. The van der Waals surface area contributed by atoms with E-state index in [1.165, 1.54) is 70.6 Å². The van der Waals surface area contributed by atoms with E-state index in [1.807, 2.05) is 0 Å². The van der Waals surface area contributed by atoms with Gasteiger partial charge in [0.1, 0.15) is 0 Å². The van der Waals surface area contributed by atoms with E-state index in [-0.39, 0.29) is 5.97 Å². The van der Waals surface area contributed by atoms with Gasteiger partial charge in [-0.15, -0.1) is 0 Å². The summed E-state index contributed by atoms with van der Waals surface area (Å²) in [5.74, 6) is -0.267. The van der Waals surface area contributed by atoms with E-state index in [2.05, 4.69) is 6.58 Å². The molecule has 0 unspecified atom stereocenters. The van der Waals surface area contributed by atoms with Crippen molar-refractivity contribution in [3.63, 3.8) is 0 Å². The average molecular weight is 431 g/mol. The fourth-order valence-electron chi connectivity index (χ4n) is 3.41. The third-order valence-corrected chi connectivity index (χ3v) is 8.22. The van der Waals surface area contributed by atoms with Crippen LogP contribution in [0.5, 0.6) is 0 Å². The van der Waals surface area contributed by atoms with Crippen LogP contribution in [0.2, 0.25) is 6.04 Å². The number of hydrogen-bond donors (Lipinski definition) is 0. The molecule has 0 fully saturated rings. The van der Waals surface area contributed by atoms with Crippen LogP contribution in [0.1, 0.15) is 96.8 Å². The lowest BCUT2D eigenvalue weighted by atomic mass is 10.0. The minimum Gasteiger partial charge on any atom is -0.462 e. The summed E-state index contributed by atoms with van der Waals surface area (Å²) >= 11 is 0. The molecule has 0 aliphatic rings. The van der Waals surface area contributed by atoms with Crippen LogP contribution in [-0.4, -0.2) is 42.7 Å². The van der Waals surface area contributed by atoms with E-state index in [9.17, 15) is 4.79 Å². The molecule has 0 amide bonds. The predicted molar refractivity (Wildman–Crippen MR) is 122 cm³/mol. The van der Waals surface area contributed by atoms with Gasteiger partial charge in [0.05, 0.1) is 6.61 Å². The first-order chi connectivity index (χ1) is 14.0. The van der Waals surface area contributed by atoms with Crippen molar-refractivity contribution in [1.82, 2.24) is 0 Å². The SMILES string of the molecule is C=C(C)C(=O)OCCCCCCCCCCCCCCCC[Si](OC)(OC)OC. The zero-order valence-electron chi connectivity index (χ0n) is 19.6. The van der Waals surface area contributed by atoms with E-state index < -0.39 is 8.80 Å². The first-order valence-corrected chi connectivity index (χ1v) is 13.4. The van der Waals surface area contributed by atoms with E-state index in [0.717, 1.165) is 25.3 Å². The molecular weight excluding hydrogens is 384 g/mol. The van der Waals surface area contributed by atoms with Crippen molar-refractivity contribution in [1.29, 1.82) is 0 Å². The highest BCUT2D eigenvalue weighted by Crippen LogP contribution is 2.18. The highest BCUT2D eigenvalue weighted by Gasteiger charge is 2.36. The molecule has 0 aromatic heterocycles. The summed E-state index contributed by atoms with van der Waals surface area (Å²) in [5.41, 5.74) is 0.480. The van der Waals surface area contributed by atoms with Crippen molar-refractivity contribution in [2.24, 2.45) is 0 Å². The molecule has 0 saturated carbocycles. The molecule has 0 aliphatic heterocycles. The Hall–Kier alpha value is -0.693. The van der Waals surface area contributed by atoms with E-state index in [4.69, 9.17) is 18.0 Å². The summed E-state index contributed by atoms with van der Waals surface area (Å²) in [7, 11) is 2.70. The number of ether oxygens (including phenoxy) is 1. The Morgan fingerprint density at radius 3 is 1.34 bits per heavy atom. The lowest BCUT2D eigenvalue weighted by Gasteiger charge is -2.24. The molecule has 29 heavy (non-hydrogen) atoms. The fraction of sp³-hybridized carbons (Fsp3) is 0.870. The van der Waals surface area contributed by atoms with E-state index >= 15 is 0 Å². The van der Waals surface area contributed by atoms with Crippen LogP contribution in [0, 0.1) is 0 Å². The first-order valence-electron chi connectivity index (χ1n) is 11.5. The summed E-state index contributed by atoms with van der Waals surface area (Å²) in [6, 6.07) is 0.913. The summed E-state index contributed by atoms with van der Waals surface area (Å²) in [6.07, 6.45) is 17.7. The molecule has 0 aliphatic carbocycles. The molecule has 0 radical (unpaired) electrons. The molecule has 0 heterocycles. The van der Waals surface area contributed by atoms with Gasteiger partial charge < -0.3 is 18.0 Å². The van der Waals surface area contributed by atoms with E-state index in [0.29, 0.717) is 12.2 Å². The second kappa shape index (κ2) is 19.3. The molecule has 0 aromatic carbocycles. The van der Waals surface area contributed by atoms with Crippen molar-refractivity contribution in [3.8, 4) is 0 Å². The summed E-state index contributed by atoms with van der Waals surface area (Å²) in [5, 5.41) is 0. The van der Waals surface area contributed by atoms with Crippen molar-refractivity contribution in [2.75, 3.05) is 27.9 Å². The van der Waals surface area contributed by atoms with Crippen molar-refractivity contribution < 1.29 is 22.8 Å². The Bertz CT molecular complexity index is 402. The van der Waals surface area contributed by atoms with Gasteiger partial charge >= 0.3 is 14.8 Å². The van der Waals surface area contributed by atoms with Crippen LogP contribution in [0.25, 0.3) is 0 Å². The zero-order valence-corrected chi connectivity index (χ0v) is 20.6. The molecule has 0 saturated heterocycles. The predicted octanol–water partition coefficient (Wildman–Crippen LogP) is 6.45. The molecule has 0 rings (SSSR count). The van der Waals surface area contributed by atoms with Gasteiger partial charge in [-0.25, -0.2) is 4.79 Å². The molecule has 0 atom stereocenters. The molecule has 5 nitrogen and oxygen atoms in total. The van der Waals surface area contributed by atoms with Gasteiger partial charge in [-0.2, -0.15) is 0 Å². The van der Waals surface area contributed by atoms with Crippen molar-refractivity contribution in [2.45, 2.75) is 103 Å². The normalized spacial score (nSPS) is 11.6. The minimum absolute atomic E-state index is 0.267. The number of unbranched alkanes of at least 4 members (excludes halogenated alkanes) is 13. The lowest BCUT2D eigenvalue weighted by Crippen LogP contribution is -2.42. The van der Waals surface area contributed by atoms with Gasteiger partial charge in [0.25, 0.3) is 0 Å². The van der Waals surface area contributed by atoms with Crippen molar-refractivity contribution >= 4 is 14.8 Å². The van der Waals surface area contributed by atoms with Crippen molar-refractivity contribution in [3.05, 3.63) is 12.2 Å². The number of carbonyl (C=O) groups excluding carboxylic acids is 1. The highest BCUT2D eigenvalue weighted by molar-refractivity contribution is 6.60. The van der Waals surface area contributed by atoms with Crippen LogP contribution < -0.4 is 0 Å². The second-order valence-corrected chi connectivity index (χ2v) is 11.0. The summed E-state index contributed by atoms with van der Waals surface area (Å²) in [6.45, 7) is 5.79. The van der Waals surface area contributed by atoms with Crippen LogP contribution >= 0.6 is 0 Å². The maximum absolute atomic E-state index is 11.2. The van der Waals surface area contributed by atoms with Gasteiger partial charge in [0.15, 0.2) is 0 Å². The maximum Gasteiger partial charge on any atom is 0.500 e. The van der Waals surface area contributed by atoms with E-state index in [1.54, 1.807) is 28.3 Å². The Balaban J connectivity index is 3.26. The van der Waals surface area contributed by atoms with Crippen LogP contribution in [0.3, 0.4) is 0 Å². The van der Waals surface area contributed by atoms with Gasteiger partial charge in [0, 0.05) is 32.9 Å². The first kappa shape index (κ1) is 28.3. The third-order valence-electron chi connectivity index (χ3n) is 5.39. The number of hydrogen-bond acceptors (Lipinski definition) is 5. The number of carbonyl (C=O) groups is 1. The largest absolute Gasteiger partial charge is 0.500 e. The lowest BCUT2D eigenvalue weighted by molar-refractivity contribution is -0.139. The monoisotopic (exact) mass is 430 g/mol. The molecule has 0 N–H and O–H groups in total. The van der Waals surface area contributed by atoms with Gasteiger partial charge in [-0.3, -0.25) is 0 Å². The number of esters is 1. The van der Waals surface area contributed by atoms with Crippen LogP contribution in [-0.2, 0) is 22.8 Å². The molecular formula is C23H46O5Si. The second-order valence-electron chi connectivity index (χ2n) is 7.91. The Labute approximate surface area is 180 Å². The van der Waals surface area contributed by atoms with Gasteiger partial charge in [-0.05, 0) is 19.8 Å². The summed E-state index contributed by atoms with van der Waals surface area (Å²) in [4.78, 5) is 11.2. The average Bonchev–Trinajstić information content (AvgIpc) is 2.73. The molecule has 0 aromatic rings. The fourth-order valence-corrected chi connectivity index (χ4v) is 5.20. The topological polar surface area (TPSA) is 54.0 Å². The van der Waals surface area contributed by atoms with Gasteiger partial charge in [-0.1, -0.05) is 83.6 Å². The van der Waals surface area contributed by atoms with Crippen LogP contribution in [0.15, 0.2) is 12.2 Å². The summed E-state index contributed by atoms with van der Waals surface area (Å²) < 4.78 is 21.4. The molecule has 0 spiro atoms. The molecule has 0 bridgehead atoms. The highest BCUT2D eigenvalue weighted by atomic mass is 28.4. The van der Waals surface area contributed by atoms with Crippen LogP contribution in [0.4, 0.5) is 0 Å². The van der Waals surface area contributed by atoms with Gasteiger partial charge in [0.2, 0.25) is 0 Å². The zero-order chi connectivity index (χ0) is 21.8. The Kier molecular flexibility index (Phi) is 18.8. The standard InChI is InChI=1S/C23H46O5Si/c1-22(2)23(24)28-20-18-16-14-12-10-8-6-7-9-11-13-15-17-19-21-29(25-3,26-4)27-5/h1,6-21H2,2-5H3. The number of rotatable bonds is 21. The Morgan fingerprint density at radius 1 is 0.655 bits per heavy atom.